The van der Waals surface area contributed by atoms with E-state index < -0.39 is 16.0 Å². The first-order valence-corrected chi connectivity index (χ1v) is 10.9. The zero-order valence-corrected chi connectivity index (χ0v) is 17.5. The monoisotopic (exact) mass is 436 g/mol. The Morgan fingerprint density at radius 3 is 2.47 bits per heavy atom. The molecule has 0 bridgehead atoms. The van der Waals surface area contributed by atoms with E-state index in [2.05, 4.69) is 9.97 Å². The molecule has 2 aromatic rings. The van der Waals surface area contributed by atoms with Crippen molar-refractivity contribution in [3.8, 4) is 5.75 Å². The SMILES string of the molecule is CN(CC(=O)OCCOc1ccc(S(=O)(=O)N2CCOCC2)cc1)c1ncccn1. The Morgan fingerprint density at radius 1 is 1.13 bits per heavy atom. The predicted molar refractivity (Wildman–Crippen MR) is 108 cm³/mol. The summed E-state index contributed by atoms with van der Waals surface area (Å²) in [7, 11) is -1.84. The highest BCUT2D eigenvalue weighted by Gasteiger charge is 2.26. The summed E-state index contributed by atoms with van der Waals surface area (Å²) < 4.78 is 42.4. The molecule has 10 nitrogen and oxygen atoms in total. The lowest BCUT2D eigenvalue weighted by molar-refractivity contribution is -0.142. The lowest BCUT2D eigenvalue weighted by Gasteiger charge is -2.26. The van der Waals surface area contributed by atoms with Gasteiger partial charge >= 0.3 is 5.97 Å². The largest absolute Gasteiger partial charge is 0.490 e. The number of aromatic nitrogens is 2. The van der Waals surface area contributed by atoms with Crippen LogP contribution in [-0.4, -0.2) is 81.8 Å². The molecule has 0 amide bonds. The lowest BCUT2D eigenvalue weighted by Crippen LogP contribution is -2.40. The Morgan fingerprint density at radius 2 is 1.80 bits per heavy atom. The normalized spacial score (nSPS) is 14.8. The van der Waals surface area contributed by atoms with E-state index in [1.807, 2.05) is 0 Å². The van der Waals surface area contributed by atoms with Gasteiger partial charge in [-0.1, -0.05) is 0 Å². The number of carbonyl (C=O) groups excluding carboxylic acids is 1. The number of rotatable bonds is 9. The van der Waals surface area contributed by atoms with Crippen LogP contribution in [0.4, 0.5) is 5.95 Å². The molecular weight excluding hydrogens is 412 g/mol. The number of carbonyl (C=O) groups is 1. The molecule has 0 spiro atoms. The molecule has 0 atom stereocenters. The molecule has 1 aromatic heterocycles. The van der Waals surface area contributed by atoms with E-state index in [4.69, 9.17) is 14.2 Å². The van der Waals surface area contributed by atoms with E-state index in [0.29, 0.717) is 38.0 Å². The first kappa shape index (κ1) is 21.9. The van der Waals surface area contributed by atoms with Crippen LogP contribution in [0.1, 0.15) is 0 Å². The Hall–Kier alpha value is -2.76. The van der Waals surface area contributed by atoms with Gasteiger partial charge in [0.2, 0.25) is 16.0 Å². The van der Waals surface area contributed by atoms with E-state index in [9.17, 15) is 13.2 Å². The van der Waals surface area contributed by atoms with E-state index >= 15 is 0 Å². The summed E-state index contributed by atoms with van der Waals surface area (Å²) in [6.07, 6.45) is 3.19. The Balaban J connectivity index is 1.41. The molecule has 1 fully saturated rings. The third kappa shape index (κ3) is 5.88. The second kappa shape index (κ2) is 10.3. The van der Waals surface area contributed by atoms with Crippen LogP contribution in [0.2, 0.25) is 0 Å². The average molecular weight is 436 g/mol. The van der Waals surface area contributed by atoms with Gasteiger partial charge in [-0.2, -0.15) is 4.31 Å². The van der Waals surface area contributed by atoms with Gasteiger partial charge in [-0.25, -0.2) is 18.4 Å². The maximum Gasteiger partial charge on any atom is 0.325 e. The summed E-state index contributed by atoms with van der Waals surface area (Å²) in [5.74, 6) is 0.486. The maximum absolute atomic E-state index is 12.6. The van der Waals surface area contributed by atoms with Crippen LogP contribution in [0.15, 0.2) is 47.6 Å². The van der Waals surface area contributed by atoms with Gasteiger partial charge in [0.25, 0.3) is 0 Å². The van der Waals surface area contributed by atoms with Crippen molar-refractivity contribution in [3.63, 3.8) is 0 Å². The van der Waals surface area contributed by atoms with Crippen molar-refractivity contribution in [2.75, 3.05) is 58.0 Å². The zero-order chi connectivity index (χ0) is 21.4. The van der Waals surface area contributed by atoms with Crippen LogP contribution >= 0.6 is 0 Å². The molecule has 1 aliphatic rings. The van der Waals surface area contributed by atoms with Gasteiger partial charge in [-0.15, -0.1) is 0 Å². The summed E-state index contributed by atoms with van der Waals surface area (Å²) in [5, 5.41) is 0. The number of nitrogens with zero attached hydrogens (tertiary/aromatic N) is 4. The summed E-state index contributed by atoms with van der Waals surface area (Å²) in [5.41, 5.74) is 0. The quantitative estimate of drug-likeness (QED) is 0.411. The van der Waals surface area contributed by atoms with E-state index in [1.165, 1.54) is 16.4 Å². The number of benzene rings is 1. The number of esters is 1. The minimum atomic E-state index is -3.54. The van der Waals surface area contributed by atoms with Gasteiger partial charge in [0.15, 0.2) is 0 Å². The van der Waals surface area contributed by atoms with Crippen LogP contribution in [-0.2, 0) is 24.3 Å². The molecule has 3 rings (SSSR count). The van der Waals surface area contributed by atoms with Crippen LogP contribution in [0.3, 0.4) is 0 Å². The van der Waals surface area contributed by atoms with Crippen LogP contribution in [0.5, 0.6) is 5.75 Å². The van der Waals surface area contributed by atoms with E-state index in [-0.39, 0.29) is 24.7 Å². The summed E-state index contributed by atoms with van der Waals surface area (Å²) in [6, 6.07) is 7.85. The molecular formula is C19H24N4O6S. The highest BCUT2D eigenvalue weighted by Crippen LogP contribution is 2.20. The van der Waals surface area contributed by atoms with Crippen molar-refractivity contribution in [1.29, 1.82) is 0 Å². The molecule has 0 unspecified atom stereocenters. The molecule has 0 saturated carbocycles. The van der Waals surface area contributed by atoms with E-state index in [0.717, 1.165) is 0 Å². The fraction of sp³-hybridized carbons (Fsp3) is 0.421. The van der Waals surface area contributed by atoms with Crippen molar-refractivity contribution in [2.45, 2.75) is 4.90 Å². The molecule has 1 aliphatic heterocycles. The minimum absolute atomic E-state index is 0.0120. The number of sulfonamides is 1. The minimum Gasteiger partial charge on any atom is -0.490 e. The zero-order valence-electron chi connectivity index (χ0n) is 16.6. The molecule has 30 heavy (non-hydrogen) atoms. The predicted octanol–water partition coefficient (Wildman–Crippen LogP) is 0.556. The number of ether oxygens (including phenoxy) is 3. The lowest BCUT2D eigenvalue weighted by atomic mass is 10.3. The number of morpholine rings is 1. The molecule has 0 radical (unpaired) electrons. The molecule has 1 saturated heterocycles. The van der Waals surface area contributed by atoms with Crippen molar-refractivity contribution in [3.05, 3.63) is 42.7 Å². The third-order valence-corrected chi connectivity index (χ3v) is 6.22. The van der Waals surface area contributed by atoms with Gasteiger partial charge in [-0.05, 0) is 30.3 Å². The molecule has 11 heteroatoms. The van der Waals surface area contributed by atoms with Crippen molar-refractivity contribution in [1.82, 2.24) is 14.3 Å². The number of anilines is 1. The molecule has 0 N–H and O–H groups in total. The van der Waals surface area contributed by atoms with Crippen LogP contribution in [0.25, 0.3) is 0 Å². The maximum atomic E-state index is 12.6. The Labute approximate surface area is 175 Å². The summed E-state index contributed by atoms with van der Waals surface area (Å²) >= 11 is 0. The van der Waals surface area contributed by atoms with Gasteiger partial charge in [-0.3, -0.25) is 4.79 Å². The van der Waals surface area contributed by atoms with Crippen molar-refractivity contribution >= 4 is 21.9 Å². The van der Waals surface area contributed by atoms with Crippen LogP contribution < -0.4 is 9.64 Å². The van der Waals surface area contributed by atoms with Crippen molar-refractivity contribution < 1.29 is 27.4 Å². The highest BCUT2D eigenvalue weighted by atomic mass is 32.2. The average Bonchev–Trinajstić information content (AvgIpc) is 2.78. The van der Waals surface area contributed by atoms with Gasteiger partial charge < -0.3 is 19.1 Å². The fourth-order valence-electron chi connectivity index (χ4n) is 2.76. The smallest absolute Gasteiger partial charge is 0.325 e. The third-order valence-electron chi connectivity index (χ3n) is 4.31. The van der Waals surface area contributed by atoms with Crippen LogP contribution in [0, 0.1) is 0 Å². The summed E-state index contributed by atoms with van der Waals surface area (Å²) in [6.45, 7) is 1.71. The standard InChI is InChI=1S/C19H24N4O6S/c1-22(19-20-7-2-8-21-19)15-18(24)29-14-13-28-16-3-5-17(6-4-16)30(25,26)23-9-11-27-12-10-23/h2-8H,9-15H2,1H3. The number of likely N-dealkylation sites (N-methyl/N-ethyl adjacent to an activating group) is 1. The fourth-order valence-corrected chi connectivity index (χ4v) is 4.17. The Bertz CT molecular complexity index is 918. The van der Waals surface area contributed by atoms with E-state index in [1.54, 1.807) is 42.5 Å². The number of hydrogen-bond donors (Lipinski definition) is 0. The van der Waals surface area contributed by atoms with Gasteiger partial charge in [0, 0.05) is 32.5 Å². The molecule has 0 aliphatic carbocycles. The molecule has 162 valence electrons. The number of hydrogen-bond acceptors (Lipinski definition) is 9. The second-order valence-corrected chi connectivity index (χ2v) is 8.40. The van der Waals surface area contributed by atoms with Crippen molar-refractivity contribution in [2.24, 2.45) is 0 Å². The highest BCUT2D eigenvalue weighted by molar-refractivity contribution is 7.89. The topological polar surface area (TPSA) is 111 Å². The molecule has 2 heterocycles. The van der Waals surface area contributed by atoms with Gasteiger partial charge in [0.1, 0.15) is 25.5 Å². The summed E-state index contributed by atoms with van der Waals surface area (Å²) in [4.78, 5) is 21.8. The Kier molecular flexibility index (Phi) is 7.55. The first-order chi connectivity index (χ1) is 14.5. The first-order valence-electron chi connectivity index (χ1n) is 9.41. The van der Waals surface area contributed by atoms with Gasteiger partial charge in [0.05, 0.1) is 18.1 Å². The second-order valence-electron chi connectivity index (χ2n) is 6.46. The molecule has 1 aromatic carbocycles.